The second-order valence-corrected chi connectivity index (χ2v) is 10.1. The van der Waals surface area contributed by atoms with Crippen LogP contribution in [0.5, 0.6) is 0 Å². The van der Waals surface area contributed by atoms with E-state index in [1.54, 1.807) is 59.8 Å². The summed E-state index contributed by atoms with van der Waals surface area (Å²) in [6.45, 7) is 0.371. The van der Waals surface area contributed by atoms with Crippen LogP contribution in [0.3, 0.4) is 0 Å². The maximum atomic E-state index is 13.1. The Morgan fingerprint density at radius 3 is 2.51 bits per heavy atom. The number of nitro benzene ring substituents is 1. The van der Waals surface area contributed by atoms with Crippen LogP contribution >= 0.6 is 11.8 Å². The first-order valence-corrected chi connectivity index (χ1v) is 13.3. The lowest BCUT2D eigenvalue weighted by Crippen LogP contribution is -2.26. The molecule has 0 unspecified atom stereocenters. The number of hydrogen-bond donors (Lipinski definition) is 1. The lowest BCUT2D eigenvalue weighted by atomic mass is 10.1. The third-order valence-electron chi connectivity index (χ3n) is 6.51. The van der Waals surface area contributed by atoms with Gasteiger partial charge in [0, 0.05) is 40.5 Å². The monoisotopic (exact) mass is 560 g/mol. The minimum Gasteiger partial charge on any atom is -0.303 e. The van der Waals surface area contributed by atoms with Crippen molar-refractivity contribution in [2.75, 3.05) is 4.90 Å². The zero-order chi connectivity index (χ0) is 28.3. The lowest BCUT2D eigenvalue weighted by molar-refractivity contribution is -0.387. The van der Waals surface area contributed by atoms with Crippen LogP contribution in [0, 0.1) is 10.1 Å². The van der Waals surface area contributed by atoms with E-state index in [2.05, 4.69) is 20.5 Å². The molecule has 1 aliphatic rings. The van der Waals surface area contributed by atoms with Gasteiger partial charge in [-0.05, 0) is 59.1 Å². The van der Waals surface area contributed by atoms with Crippen molar-refractivity contribution in [3.63, 3.8) is 0 Å². The van der Waals surface area contributed by atoms with Gasteiger partial charge in [-0.15, -0.1) is 0 Å². The molecule has 11 heteroatoms. The van der Waals surface area contributed by atoms with E-state index >= 15 is 0 Å². The van der Waals surface area contributed by atoms with Crippen molar-refractivity contribution in [3.8, 4) is 0 Å². The predicted molar refractivity (Wildman–Crippen MR) is 155 cm³/mol. The number of nitrogens with zero attached hydrogens (tertiary/aromatic N) is 5. The number of aromatic nitrogens is 2. The number of amides is 2. The molecule has 0 bridgehead atoms. The van der Waals surface area contributed by atoms with Gasteiger partial charge in [-0.3, -0.25) is 19.7 Å². The fraction of sp³-hybridized carbons (Fsp3) is 0.0333. The fourth-order valence-electron chi connectivity index (χ4n) is 4.59. The minimum atomic E-state index is -0.489. The number of nitrogens with one attached hydrogen (secondary N) is 1. The summed E-state index contributed by atoms with van der Waals surface area (Å²) in [5.74, 6) is -0.488. The van der Waals surface area contributed by atoms with Gasteiger partial charge in [0.1, 0.15) is 0 Å². The molecule has 2 amide bonds. The Morgan fingerprint density at radius 2 is 1.76 bits per heavy atom. The van der Waals surface area contributed by atoms with Gasteiger partial charge in [0.15, 0.2) is 5.16 Å². The highest BCUT2D eigenvalue weighted by molar-refractivity contribution is 7.99. The summed E-state index contributed by atoms with van der Waals surface area (Å²) in [7, 11) is 0. The zero-order valence-electron chi connectivity index (χ0n) is 21.3. The van der Waals surface area contributed by atoms with E-state index in [1.165, 1.54) is 12.3 Å². The van der Waals surface area contributed by atoms with Crippen LogP contribution in [0.1, 0.15) is 31.8 Å². The molecule has 0 spiro atoms. The summed E-state index contributed by atoms with van der Waals surface area (Å²) in [5.41, 5.74) is 5.58. The molecule has 10 nitrogen and oxygen atoms in total. The SMILES string of the molecule is O=C(N/N=C\c1ccc(Sc2ncccn2)c([N+](=O)[O-])c1)c1ccc(CN2C(=O)c3cccc4cccc2c34)cc1. The number of carbonyl (C=O) groups excluding carboxylic acids is 2. The van der Waals surface area contributed by atoms with Gasteiger partial charge in [-0.2, -0.15) is 5.10 Å². The first-order chi connectivity index (χ1) is 20.0. The van der Waals surface area contributed by atoms with Crippen molar-refractivity contribution in [3.05, 3.63) is 130 Å². The molecule has 4 aromatic carbocycles. The summed E-state index contributed by atoms with van der Waals surface area (Å²) >= 11 is 1.08. The van der Waals surface area contributed by atoms with Crippen LogP contribution in [-0.4, -0.2) is 32.9 Å². The molecule has 0 radical (unpaired) electrons. The van der Waals surface area contributed by atoms with Crippen molar-refractivity contribution in [2.24, 2.45) is 5.10 Å². The minimum absolute atomic E-state index is 0.0479. The van der Waals surface area contributed by atoms with Crippen LogP contribution in [-0.2, 0) is 6.54 Å². The lowest BCUT2D eigenvalue weighted by Gasteiger charge is -2.18. The third-order valence-corrected chi connectivity index (χ3v) is 7.47. The number of anilines is 1. The van der Waals surface area contributed by atoms with Gasteiger partial charge in [0.25, 0.3) is 17.5 Å². The van der Waals surface area contributed by atoms with E-state index in [1.807, 2.05) is 36.4 Å². The Bertz CT molecular complexity index is 1840. The highest BCUT2D eigenvalue weighted by Crippen LogP contribution is 2.38. The largest absolute Gasteiger partial charge is 0.303 e. The molecule has 1 N–H and O–H groups in total. The van der Waals surface area contributed by atoms with Crippen LogP contribution in [0.4, 0.5) is 11.4 Å². The van der Waals surface area contributed by atoms with E-state index < -0.39 is 10.8 Å². The number of hydrogen-bond acceptors (Lipinski definition) is 8. The van der Waals surface area contributed by atoms with Crippen LogP contribution < -0.4 is 10.3 Å². The maximum Gasteiger partial charge on any atom is 0.283 e. The molecular formula is C30H20N6O4S. The summed E-state index contributed by atoms with van der Waals surface area (Å²) in [6.07, 6.45) is 4.46. The summed E-state index contributed by atoms with van der Waals surface area (Å²) in [5, 5.41) is 17.9. The zero-order valence-corrected chi connectivity index (χ0v) is 22.1. The van der Waals surface area contributed by atoms with Crippen molar-refractivity contribution in [1.82, 2.24) is 15.4 Å². The first-order valence-electron chi connectivity index (χ1n) is 12.5. The molecule has 41 heavy (non-hydrogen) atoms. The molecule has 6 rings (SSSR count). The molecule has 200 valence electrons. The van der Waals surface area contributed by atoms with Crippen molar-refractivity contribution < 1.29 is 14.5 Å². The molecule has 0 saturated heterocycles. The standard InChI is InChI=1S/C30H20N6O4S/c37-28(34-33-17-20-10-13-26(25(16-20)36(39)40)41-30-31-14-3-15-32-30)22-11-8-19(9-12-22)18-35-24-7-2-5-21-4-1-6-23(27(21)24)29(35)38/h1-17H,18H2,(H,34,37)/b33-17-. The molecule has 0 aliphatic carbocycles. The summed E-state index contributed by atoms with van der Waals surface area (Å²) in [6, 6.07) is 24.8. The Labute approximate surface area is 237 Å². The maximum absolute atomic E-state index is 13.1. The number of carbonyl (C=O) groups is 2. The second-order valence-electron chi connectivity index (χ2n) is 9.09. The Hall–Kier alpha value is -5.42. The van der Waals surface area contributed by atoms with Crippen LogP contribution in [0.25, 0.3) is 10.8 Å². The molecule has 1 aliphatic heterocycles. The quantitative estimate of drug-likeness (QED) is 0.113. The average Bonchev–Trinajstić information content (AvgIpc) is 3.26. The van der Waals surface area contributed by atoms with E-state index in [9.17, 15) is 19.7 Å². The van der Waals surface area contributed by atoms with Gasteiger partial charge >= 0.3 is 0 Å². The average molecular weight is 561 g/mol. The molecular weight excluding hydrogens is 540 g/mol. The van der Waals surface area contributed by atoms with Gasteiger partial charge in [0.2, 0.25) is 0 Å². The van der Waals surface area contributed by atoms with E-state index in [0.717, 1.165) is 33.8 Å². The number of benzene rings is 4. The topological polar surface area (TPSA) is 131 Å². The number of nitro groups is 1. The van der Waals surface area contributed by atoms with Crippen molar-refractivity contribution >= 4 is 51.9 Å². The van der Waals surface area contributed by atoms with Crippen LogP contribution in [0.2, 0.25) is 0 Å². The van der Waals surface area contributed by atoms with E-state index in [-0.39, 0.29) is 11.6 Å². The van der Waals surface area contributed by atoms with Gasteiger partial charge in [-0.25, -0.2) is 15.4 Å². The third kappa shape index (κ3) is 5.25. The van der Waals surface area contributed by atoms with E-state index in [4.69, 9.17) is 0 Å². The smallest absolute Gasteiger partial charge is 0.283 e. The fourth-order valence-corrected chi connectivity index (χ4v) is 5.39. The molecule has 0 fully saturated rings. The highest BCUT2D eigenvalue weighted by Gasteiger charge is 2.29. The molecule has 5 aromatic rings. The van der Waals surface area contributed by atoms with E-state index in [0.29, 0.717) is 33.3 Å². The normalized spacial score (nSPS) is 12.3. The first kappa shape index (κ1) is 25.8. The number of hydrazone groups is 1. The Kier molecular flexibility index (Phi) is 6.92. The molecule has 0 atom stereocenters. The van der Waals surface area contributed by atoms with Crippen LogP contribution in [0.15, 0.2) is 112 Å². The van der Waals surface area contributed by atoms with Gasteiger partial charge in [-0.1, -0.05) is 42.5 Å². The van der Waals surface area contributed by atoms with Gasteiger partial charge in [0.05, 0.1) is 28.3 Å². The summed E-state index contributed by atoms with van der Waals surface area (Å²) in [4.78, 5) is 47.1. The molecule has 1 aromatic heterocycles. The van der Waals surface area contributed by atoms with Crippen molar-refractivity contribution in [1.29, 1.82) is 0 Å². The number of rotatable bonds is 8. The summed E-state index contributed by atoms with van der Waals surface area (Å²) < 4.78 is 0. The van der Waals surface area contributed by atoms with Gasteiger partial charge < -0.3 is 4.90 Å². The Morgan fingerprint density at radius 1 is 1.00 bits per heavy atom. The predicted octanol–water partition coefficient (Wildman–Crippen LogP) is 5.61. The Balaban J connectivity index is 1.10. The van der Waals surface area contributed by atoms with Crippen molar-refractivity contribution in [2.45, 2.75) is 16.6 Å². The molecule has 2 heterocycles. The highest BCUT2D eigenvalue weighted by atomic mass is 32.2. The molecule has 0 saturated carbocycles. The second kappa shape index (κ2) is 11.0.